The Kier molecular flexibility index (Phi) is 4.28. The Hall–Kier alpha value is -2.86. The number of hydrogen-bond acceptors (Lipinski definition) is 5. The van der Waals surface area contributed by atoms with Crippen LogP contribution in [0.15, 0.2) is 47.0 Å². The third-order valence-electron chi connectivity index (χ3n) is 5.52. The fourth-order valence-corrected chi connectivity index (χ4v) is 3.72. The van der Waals surface area contributed by atoms with Gasteiger partial charge in [0.25, 0.3) is 5.91 Å². The Balaban J connectivity index is 1.34. The summed E-state index contributed by atoms with van der Waals surface area (Å²) < 4.78 is 16.6. The Morgan fingerprint density at radius 3 is 2.79 bits per heavy atom. The van der Waals surface area contributed by atoms with E-state index in [0.717, 1.165) is 40.7 Å². The molecular weight excluding hydrogens is 356 g/mol. The van der Waals surface area contributed by atoms with Gasteiger partial charge in [0.1, 0.15) is 17.6 Å². The molecule has 1 aromatic heterocycles. The minimum atomic E-state index is -0.154. The molecule has 28 heavy (non-hydrogen) atoms. The number of methoxy groups -OCH3 is 1. The van der Waals surface area contributed by atoms with E-state index in [0.29, 0.717) is 31.3 Å². The monoisotopic (exact) mass is 378 g/mol. The minimum Gasteiger partial charge on any atom is -0.497 e. The molecule has 3 aromatic rings. The van der Waals surface area contributed by atoms with Crippen molar-refractivity contribution in [3.63, 3.8) is 0 Å². The molecule has 2 heterocycles. The lowest BCUT2D eigenvalue weighted by molar-refractivity contribution is -0.0230. The lowest BCUT2D eigenvalue weighted by Gasteiger charge is -2.32. The van der Waals surface area contributed by atoms with Crippen LogP contribution in [0.4, 0.5) is 0 Å². The van der Waals surface area contributed by atoms with Crippen molar-refractivity contribution in [3.8, 4) is 5.75 Å². The molecule has 2 fully saturated rings. The number of ether oxygens (including phenoxy) is 2. The van der Waals surface area contributed by atoms with E-state index in [4.69, 9.17) is 14.0 Å². The Morgan fingerprint density at radius 1 is 1.14 bits per heavy atom. The van der Waals surface area contributed by atoms with Gasteiger partial charge in [-0.2, -0.15) is 0 Å². The van der Waals surface area contributed by atoms with Crippen LogP contribution >= 0.6 is 0 Å². The lowest BCUT2D eigenvalue weighted by Crippen LogP contribution is -2.42. The highest BCUT2D eigenvalue weighted by Crippen LogP contribution is 2.40. The van der Waals surface area contributed by atoms with Crippen LogP contribution in [0.1, 0.15) is 46.7 Å². The zero-order valence-electron chi connectivity index (χ0n) is 15.8. The van der Waals surface area contributed by atoms with Gasteiger partial charge in [0.05, 0.1) is 20.3 Å². The first-order valence-corrected chi connectivity index (χ1v) is 9.66. The molecule has 144 valence electrons. The summed E-state index contributed by atoms with van der Waals surface area (Å²) in [7, 11) is 1.67. The van der Waals surface area contributed by atoms with Crippen LogP contribution in [0.5, 0.6) is 5.75 Å². The molecule has 6 heteroatoms. The summed E-state index contributed by atoms with van der Waals surface area (Å²) in [6.45, 7) is 1.57. The second kappa shape index (κ2) is 6.95. The van der Waals surface area contributed by atoms with E-state index in [9.17, 15) is 4.79 Å². The summed E-state index contributed by atoms with van der Waals surface area (Å²) in [6, 6.07) is 14.0. The van der Waals surface area contributed by atoms with Gasteiger partial charge in [-0.1, -0.05) is 23.4 Å². The van der Waals surface area contributed by atoms with Crippen molar-refractivity contribution < 1.29 is 18.8 Å². The van der Waals surface area contributed by atoms with E-state index in [-0.39, 0.29) is 12.0 Å². The molecule has 1 saturated carbocycles. The average molecular weight is 378 g/mol. The molecule has 1 amide bonds. The van der Waals surface area contributed by atoms with E-state index in [1.165, 1.54) is 0 Å². The zero-order valence-corrected chi connectivity index (χ0v) is 15.8. The Bertz CT molecular complexity index is 1020. The summed E-state index contributed by atoms with van der Waals surface area (Å²) >= 11 is 0. The molecule has 1 saturated heterocycles. The SMILES string of the molecule is COc1ccc2cc(C3CN(C(=O)c4cc(C5CC5)on4)CCO3)ccc2c1. The highest BCUT2D eigenvalue weighted by molar-refractivity contribution is 5.92. The molecule has 0 radical (unpaired) electrons. The fraction of sp³-hybridized carbons (Fsp3) is 0.364. The average Bonchev–Trinajstić information content (AvgIpc) is 3.49. The quantitative estimate of drug-likeness (QED) is 0.688. The largest absolute Gasteiger partial charge is 0.497 e. The smallest absolute Gasteiger partial charge is 0.276 e. The standard InChI is InChI=1S/C22H22N2O4/c1-26-18-7-6-15-10-17(5-4-16(15)11-18)21-13-24(8-9-27-21)22(25)19-12-20(28-23-19)14-2-3-14/h4-7,10-12,14,21H,2-3,8-9,13H2,1H3. The van der Waals surface area contributed by atoms with Crippen LogP contribution < -0.4 is 4.74 Å². The van der Waals surface area contributed by atoms with Crippen LogP contribution in [0.2, 0.25) is 0 Å². The maximum Gasteiger partial charge on any atom is 0.276 e. The number of aromatic nitrogens is 1. The maximum atomic E-state index is 12.8. The predicted octanol–water partition coefficient (Wildman–Crippen LogP) is 3.93. The molecule has 6 nitrogen and oxygen atoms in total. The predicted molar refractivity (Wildman–Crippen MR) is 104 cm³/mol. The topological polar surface area (TPSA) is 64.8 Å². The molecule has 0 spiro atoms. The van der Waals surface area contributed by atoms with Gasteiger partial charge in [0, 0.05) is 18.5 Å². The molecule has 2 aromatic carbocycles. The summed E-state index contributed by atoms with van der Waals surface area (Å²) in [5, 5.41) is 6.22. The molecule has 2 aliphatic rings. The number of carbonyl (C=O) groups is 1. The maximum absolute atomic E-state index is 12.8. The molecule has 0 N–H and O–H groups in total. The normalized spacial score (nSPS) is 19.8. The van der Waals surface area contributed by atoms with E-state index >= 15 is 0 Å². The van der Waals surface area contributed by atoms with Crippen LogP contribution in [0, 0.1) is 0 Å². The number of benzene rings is 2. The number of rotatable bonds is 4. The molecule has 1 aliphatic heterocycles. The van der Waals surface area contributed by atoms with Crippen molar-refractivity contribution in [2.45, 2.75) is 24.9 Å². The number of hydrogen-bond donors (Lipinski definition) is 0. The molecule has 1 atom stereocenters. The number of carbonyl (C=O) groups excluding carboxylic acids is 1. The van der Waals surface area contributed by atoms with Crippen molar-refractivity contribution in [3.05, 3.63) is 59.5 Å². The van der Waals surface area contributed by atoms with Gasteiger partial charge in [-0.15, -0.1) is 0 Å². The van der Waals surface area contributed by atoms with Crippen LogP contribution in [-0.2, 0) is 4.74 Å². The van der Waals surface area contributed by atoms with Gasteiger partial charge in [-0.05, 0) is 47.4 Å². The van der Waals surface area contributed by atoms with Gasteiger partial charge >= 0.3 is 0 Å². The lowest BCUT2D eigenvalue weighted by atomic mass is 10.0. The molecule has 5 rings (SSSR count). The number of nitrogens with zero attached hydrogens (tertiary/aromatic N) is 2. The third-order valence-corrected chi connectivity index (χ3v) is 5.52. The zero-order chi connectivity index (χ0) is 19.1. The molecule has 1 aliphatic carbocycles. The summed E-state index contributed by atoms with van der Waals surface area (Å²) in [5.74, 6) is 2.03. The van der Waals surface area contributed by atoms with Crippen molar-refractivity contribution in [2.75, 3.05) is 26.8 Å². The van der Waals surface area contributed by atoms with Crippen LogP contribution in [0.25, 0.3) is 10.8 Å². The molecule has 0 bridgehead atoms. The van der Waals surface area contributed by atoms with Crippen molar-refractivity contribution in [1.82, 2.24) is 10.1 Å². The van der Waals surface area contributed by atoms with Gasteiger partial charge in [0.15, 0.2) is 5.69 Å². The van der Waals surface area contributed by atoms with Gasteiger partial charge in [-0.25, -0.2) is 0 Å². The first kappa shape index (κ1) is 17.3. The van der Waals surface area contributed by atoms with E-state index in [1.807, 2.05) is 18.2 Å². The van der Waals surface area contributed by atoms with Crippen molar-refractivity contribution >= 4 is 16.7 Å². The minimum absolute atomic E-state index is 0.0884. The second-order valence-electron chi connectivity index (χ2n) is 7.47. The summed E-state index contributed by atoms with van der Waals surface area (Å²) in [4.78, 5) is 14.7. The fourth-order valence-electron chi connectivity index (χ4n) is 3.72. The second-order valence-corrected chi connectivity index (χ2v) is 7.47. The molecular formula is C22H22N2O4. The van der Waals surface area contributed by atoms with Crippen molar-refractivity contribution in [2.24, 2.45) is 0 Å². The van der Waals surface area contributed by atoms with E-state index in [1.54, 1.807) is 18.1 Å². The van der Waals surface area contributed by atoms with E-state index in [2.05, 4.69) is 23.4 Å². The first-order chi connectivity index (χ1) is 13.7. The third kappa shape index (κ3) is 3.24. The van der Waals surface area contributed by atoms with E-state index < -0.39 is 0 Å². The Morgan fingerprint density at radius 2 is 1.96 bits per heavy atom. The van der Waals surface area contributed by atoms with Gasteiger partial charge in [-0.3, -0.25) is 4.79 Å². The van der Waals surface area contributed by atoms with Gasteiger partial charge < -0.3 is 18.9 Å². The highest BCUT2D eigenvalue weighted by atomic mass is 16.5. The summed E-state index contributed by atoms with van der Waals surface area (Å²) in [5.41, 5.74) is 1.46. The highest BCUT2D eigenvalue weighted by Gasteiger charge is 2.31. The van der Waals surface area contributed by atoms with Gasteiger partial charge in [0.2, 0.25) is 0 Å². The molecule has 1 unspecified atom stereocenters. The number of amides is 1. The Labute approximate surface area is 163 Å². The first-order valence-electron chi connectivity index (χ1n) is 9.66. The van der Waals surface area contributed by atoms with Crippen molar-refractivity contribution in [1.29, 1.82) is 0 Å². The van der Waals surface area contributed by atoms with Crippen LogP contribution in [0.3, 0.4) is 0 Å². The number of fused-ring (bicyclic) bond motifs is 1. The number of morpholine rings is 1. The summed E-state index contributed by atoms with van der Waals surface area (Å²) in [6.07, 6.45) is 2.09. The van der Waals surface area contributed by atoms with Crippen LogP contribution in [-0.4, -0.2) is 42.8 Å².